The molecule has 0 radical (unpaired) electrons. The minimum absolute atomic E-state index is 0.158. The number of aryl methyl sites for hydroxylation is 2. The third-order valence-corrected chi connectivity index (χ3v) is 4.72. The van der Waals surface area contributed by atoms with Crippen LogP contribution in [0.4, 0.5) is 0 Å². The molecule has 0 amide bonds. The van der Waals surface area contributed by atoms with Crippen LogP contribution in [0.3, 0.4) is 0 Å². The highest BCUT2D eigenvalue weighted by Gasteiger charge is 2.26. The second-order valence-electron chi connectivity index (χ2n) is 8.09. The first-order valence-corrected chi connectivity index (χ1v) is 8.68. The molecule has 0 saturated carbocycles. The van der Waals surface area contributed by atoms with Gasteiger partial charge in [0.2, 0.25) is 5.78 Å². The number of aromatic nitrogens is 5. The number of hydrogen-bond donors (Lipinski definition) is 0. The molecule has 3 heterocycles. The Kier molecular flexibility index (Phi) is 3.97. The van der Waals surface area contributed by atoms with Crippen LogP contribution in [0.1, 0.15) is 46.4 Å². The highest BCUT2D eigenvalue weighted by atomic mass is 16.2. The number of fused-ring (bicyclic) bond motifs is 3. The van der Waals surface area contributed by atoms with Gasteiger partial charge in [0.05, 0.1) is 6.54 Å². The average Bonchev–Trinajstić information content (AvgIpc) is 3.02. The van der Waals surface area contributed by atoms with E-state index < -0.39 is 16.7 Å². The quantitative estimate of drug-likeness (QED) is 0.712. The summed E-state index contributed by atoms with van der Waals surface area (Å²) in [6.45, 7) is 11.1. The van der Waals surface area contributed by atoms with Crippen molar-refractivity contribution in [2.24, 2.45) is 12.5 Å². The maximum atomic E-state index is 13.1. The van der Waals surface area contributed by atoms with E-state index in [9.17, 15) is 14.4 Å². The molecule has 0 aliphatic heterocycles. The summed E-state index contributed by atoms with van der Waals surface area (Å²) < 4.78 is 6.06. The van der Waals surface area contributed by atoms with E-state index >= 15 is 0 Å². The van der Waals surface area contributed by atoms with E-state index in [1.807, 2.05) is 31.5 Å². The molecule has 3 rings (SSSR count). The molecule has 140 valence electrons. The van der Waals surface area contributed by atoms with Gasteiger partial charge in [-0.25, -0.2) is 4.79 Å². The molecule has 0 saturated heterocycles. The Morgan fingerprint density at radius 3 is 2.38 bits per heavy atom. The fraction of sp³-hybridized carbons (Fsp3) is 0.556. The second-order valence-corrected chi connectivity index (χ2v) is 8.09. The highest BCUT2D eigenvalue weighted by Crippen LogP contribution is 2.20. The van der Waals surface area contributed by atoms with Crippen LogP contribution in [0.5, 0.6) is 0 Å². The van der Waals surface area contributed by atoms with Crippen molar-refractivity contribution in [2.75, 3.05) is 0 Å². The third-order valence-electron chi connectivity index (χ3n) is 4.72. The van der Waals surface area contributed by atoms with E-state index in [0.717, 1.165) is 10.3 Å². The molecule has 0 N–H and O–H groups in total. The molecule has 0 aliphatic carbocycles. The summed E-state index contributed by atoms with van der Waals surface area (Å²) in [6.07, 6.45) is 1.84. The van der Waals surface area contributed by atoms with Gasteiger partial charge < -0.3 is 4.57 Å². The van der Waals surface area contributed by atoms with Crippen molar-refractivity contribution in [1.29, 1.82) is 0 Å². The molecule has 3 aromatic rings. The lowest BCUT2D eigenvalue weighted by Gasteiger charge is -2.17. The molecule has 0 atom stereocenters. The molecule has 26 heavy (non-hydrogen) atoms. The Morgan fingerprint density at radius 2 is 1.85 bits per heavy atom. The Labute approximate surface area is 150 Å². The molecular weight excluding hydrogens is 334 g/mol. The lowest BCUT2D eigenvalue weighted by Crippen LogP contribution is -2.42. The zero-order chi connectivity index (χ0) is 19.5. The van der Waals surface area contributed by atoms with Gasteiger partial charge in [-0.2, -0.15) is 4.98 Å². The van der Waals surface area contributed by atoms with Crippen LogP contribution >= 0.6 is 0 Å². The molecule has 0 aromatic carbocycles. The maximum absolute atomic E-state index is 13.1. The number of rotatable bonds is 3. The predicted octanol–water partition coefficient (Wildman–Crippen LogP) is 1.65. The molecule has 0 bridgehead atoms. The largest absolute Gasteiger partial charge is 0.332 e. The van der Waals surface area contributed by atoms with E-state index in [0.29, 0.717) is 16.9 Å². The summed E-state index contributed by atoms with van der Waals surface area (Å²) in [5.74, 6) is 0.437. The number of carbonyl (C=O) groups is 1. The van der Waals surface area contributed by atoms with Crippen molar-refractivity contribution < 1.29 is 4.79 Å². The van der Waals surface area contributed by atoms with Gasteiger partial charge in [0, 0.05) is 30.4 Å². The molecular formula is C18H25N5O3. The number of Topliss-reactive ketones (excluding diaryl/α,β-unsaturated/α-hetero) is 1. The summed E-state index contributed by atoms with van der Waals surface area (Å²) in [4.78, 5) is 42.7. The predicted molar refractivity (Wildman–Crippen MR) is 99.8 cm³/mol. The molecule has 0 fully saturated rings. The minimum atomic E-state index is -0.635. The number of hydrogen-bond acceptors (Lipinski definition) is 4. The lowest BCUT2D eigenvalue weighted by molar-refractivity contribution is -0.127. The Balaban J connectivity index is 2.38. The second kappa shape index (κ2) is 5.69. The summed E-state index contributed by atoms with van der Waals surface area (Å²) in [7, 11) is 1.57. The third kappa shape index (κ3) is 2.51. The normalized spacial score (nSPS) is 12.6. The van der Waals surface area contributed by atoms with Crippen molar-refractivity contribution in [3.8, 4) is 0 Å². The van der Waals surface area contributed by atoms with Crippen molar-refractivity contribution in [2.45, 2.75) is 54.1 Å². The van der Waals surface area contributed by atoms with Crippen molar-refractivity contribution in [3.63, 3.8) is 0 Å². The number of ketones is 1. The number of carbonyl (C=O) groups excluding carboxylic acids is 1. The van der Waals surface area contributed by atoms with Gasteiger partial charge in [0.25, 0.3) is 5.56 Å². The Morgan fingerprint density at radius 1 is 1.23 bits per heavy atom. The van der Waals surface area contributed by atoms with Gasteiger partial charge in [-0.3, -0.25) is 23.1 Å². The van der Waals surface area contributed by atoms with Gasteiger partial charge in [0.15, 0.2) is 16.9 Å². The Hall–Kier alpha value is -2.64. The van der Waals surface area contributed by atoms with E-state index in [2.05, 4.69) is 4.98 Å². The van der Waals surface area contributed by atoms with Crippen LogP contribution in [-0.4, -0.2) is 28.9 Å². The lowest BCUT2D eigenvalue weighted by atomic mass is 9.91. The van der Waals surface area contributed by atoms with Crippen molar-refractivity contribution >= 4 is 22.7 Å². The van der Waals surface area contributed by atoms with Crippen LogP contribution in [-0.2, 0) is 18.4 Å². The molecule has 0 unspecified atom stereocenters. The molecule has 8 heteroatoms. The maximum Gasteiger partial charge on any atom is 0.332 e. The molecule has 3 aromatic heterocycles. The van der Waals surface area contributed by atoms with Crippen molar-refractivity contribution in [3.05, 3.63) is 32.7 Å². The number of imidazole rings is 2. The van der Waals surface area contributed by atoms with Gasteiger partial charge in [0.1, 0.15) is 0 Å². The van der Waals surface area contributed by atoms with E-state index in [1.54, 1.807) is 32.2 Å². The summed E-state index contributed by atoms with van der Waals surface area (Å²) in [5, 5.41) is 0. The van der Waals surface area contributed by atoms with E-state index in [-0.39, 0.29) is 18.4 Å². The first kappa shape index (κ1) is 18.2. The van der Waals surface area contributed by atoms with Crippen LogP contribution in [0.15, 0.2) is 15.8 Å². The Bertz CT molecular complexity index is 1150. The monoisotopic (exact) mass is 359 g/mol. The first-order chi connectivity index (χ1) is 11.9. The van der Waals surface area contributed by atoms with Gasteiger partial charge in [-0.1, -0.05) is 20.8 Å². The van der Waals surface area contributed by atoms with Gasteiger partial charge in [-0.15, -0.1) is 0 Å². The van der Waals surface area contributed by atoms with E-state index in [4.69, 9.17) is 0 Å². The zero-order valence-corrected chi connectivity index (χ0v) is 16.3. The summed E-state index contributed by atoms with van der Waals surface area (Å²) >= 11 is 0. The van der Waals surface area contributed by atoms with Gasteiger partial charge in [-0.05, 0) is 20.8 Å². The minimum Gasteiger partial charge on any atom is -0.312 e. The molecule has 8 nitrogen and oxygen atoms in total. The standard InChI is InChI=1S/C18H25N5O3/c1-10(2)23-11(3)8-21-13-14(19-16(21)23)20(7)17(26)22(15(13)25)9-12(24)18(4,5)6/h8,10H,9H2,1-7H3. The first-order valence-electron chi connectivity index (χ1n) is 8.68. The highest BCUT2D eigenvalue weighted by molar-refractivity contribution is 5.84. The summed E-state index contributed by atoms with van der Waals surface area (Å²) in [5.41, 5.74) is -0.0584. The molecule has 0 spiro atoms. The van der Waals surface area contributed by atoms with Crippen LogP contribution in [0.2, 0.25) is 0 Å². The fourth-order valence-corrected chi connectivity index (χ4v) is 3.19. The van der Waals surface area contributed by atoms with E-state index in [1.165, 1.54) is 4.57 Å². The fourth-order valence-electron chi connectivity index (χ4n) is 3.19. The zero-order valence-electron chi connectivity index (χ0n) is 16.3. The van der Waals surface area contributed by atoms with Crippen molar-refractivity contribution in [1.82, 2.24) is 23.1 Å². The average molecular weight is 359 g/mol. The number of nitrogens with zero attached hydrogens (tertiary/aromatic N) is 5. The van der Waals surface area contributed by atoms with Crippen LogP contribution in [0.25, 0.3) is 16.9 Å². The van der Waals surface area contributed by atoms with Gasteiger partial charge >= 0.3 is 5.69 Å². The summed E-state index contributed by atoms with van der Waals surface area (Å²) in [6, 6.07) is 0.158. The SMILES string of the molecule is Cc1cn2c3c(=O)n(CC(=O)C(C)(C)C)c(=O)n(C)c3nc2n1C(C)C. The topological polar surface area (TPSA) is 83.3 Å². The van der Waals surface area contributed by atoms with Crippen LogP contribution in [0, 0.1) is 12.3 Å². The molecule has 0 aliphatic rings. The van der Waals surface area contributed by atoms with Crippen LogP contribution < -0.4 is 11.2 Å². The smallest absolute Gasteiger partial charge is 0.312 e.